The molecule has 16 heavy (non-hydrogen) atoms. The van der Waals surface area contributed by atoms with Crippen LogP contribution in [0.15, 0.2) is 36.5 Å². The van der Waals surface area contributed by atoms with Gasteiger partial charge in [0, 0.05) is 18.3 Å². The predicted molar refractivity (Wildman–Crippen MR) is 67.6 cm³/mol. The van der Waals surface area contributed by atoms with Gasteiger partial charge in [-0.1, -0.05) is 35.3 Å². The summed E-state index contributed by atoms with van der Waals surface area (Å²) >= 11 is 11.8. The number of aromatic nitrogens is 1. The van der Waals surface area contributed by atoms with Crippen LogP contribution in [0.4, 0.5) is 0 Å². The number of halogens is 2. The summed E-state index contributed by atoms with van der Waals surface area (Å²) in [7, 11) is 0. The zero-order valence-electron chi connectivity index (χ0n) is 8.45. The first-order chi connectivity index (χ1) is 7.70. The Morgan fingerprint density at radius 2 is 1.88 bits per heavy atom. The van der Waals surface area contributed by atoms with Crippen molar-refractivity contribution in [1.29, 1.82) is 0 Å². The van der Waals surface area contributed by atoms with Gasteiger partial charge >= 0.3 is 0 Å². The summed E-state index contributed by atoms with van der Waals surface area (Å²) < 4.78 is 0. The molecule has 0 aliphatic heterocycles. The maximum Gasteiger partial charge on any atom is 0.0702 e. The highest BCUT2D eigenvalue weighted by molar-refractivity contribution is 6.42. The van der Waals surface area contributed by atoms with Crippen molar-refractivity contribution in [2.75, 3.05) is 0 Å². The molecule has 2 rings (SSSR count). The van der Waals surface area contributed by atoms with Gasteiger partial charge in [0.2, 0.25) is 0 Å². The van der Waals surface area contributed by atoms with Crippen LogP contribution in [-0.2, 0) is 6.54 Å². The molecule has 2 N–H and O–H groups in total. The Morgan fingerprint density at radius 3 is 2.44 bits per heavy atom. The van der Waals surface area contributed by atoms with Crippen LogP contribution >= 0.6 is 23.2 Å². The fraction of sp³-hybridized carbons (Fsp3) is 0.0833. The third-order valence-electron chi connectivity index (χ3n) is 2.28. The van der Waals surface area contributed by atoms with Gasteiger partial charge in [0.25, 0.3) is 0 Å². The molecule has 0 unspecified atom stereocenters. The van der Waals surface area contributed by atoms with E-state index in [1.54, 1.807) is 18.3 Å². The molecule has 0 radical (unpaired) electrons. The fourth-order valence-electron chi connectivity index (χ4n) is 1.37. The lowest BCUT2D eigenvalue weighted by atomic mass is 10.1. The van der Waals surface area contributed by atoms with E-state index in [1.165, 1.54) is 0 Å². The van der Waals surface area contributed by atoms with E-state index in [-0.39, 0.29) is 0 Å². The lowest BCUT2D eigenvalue weighted by Gasteiger charge is -2.03. The molecular formula is C12H10Cl2N2. The smallest absolute Gasteiger partial charge is 0.0702 e. The fourth-order valence-corrected chi connectivity index (χ4v) is 1.67. The summed E-state index contributed by atoms with van der Waals surface area (Å²) in [4.78, 5) is 4.31. The lowest BCUT2D eigenvalue weighted by molar-refractivity contribution is 1.05. The largest absolute Gasteiger partial charge is 0.326 e. The van der Waals surface area contributed by atoms with E-state index in [0.717, 1.165) is 16.8 Å². The van der Waals surface area contributed by atoms with Gasteiger partial charge in [0.15, 0.2) is 0 Å². The first kappa shape index (κ1) is 11.4. The van der Waals surface area contributed by atoms with Crippen LogP contribution in [0.5, 0.6) is 0 Å². The van der Waals surface area contributed by atoms with Crippen LogP contribution in [0.1, 0.15) is 5.56 Å². The Morgan fingerprint density at radius 1 is 1.06 bits per heavy atom. The molecule has 1 aromatic heterocycles. The van der Waals surface area contributed by atoms with Gasteiger partial charge in [-0.15, -0.1) is 0 Å². The van der Waals surface area contributed by atoms with Gasteiger partial charge in [-0.2, -0.15) is 0 Å². The molecule has 4 heteroatoms. The highest BCUT2D eigenvalue weighted by atomic mass is 35.5. The topological polar surface area (TPSA) is 38.9 Å². The van der Waals surface area contributed by atoms with Crippen LogP contribution in [0, 0.1) is 0 Å². The molecule has 0 saturated heterocycles. The standard InChI is InChI=1S/C12H10Cl2N2/c13-10-3-2-9(5-11(10)14)12-4-1-8(6-15)7-16-12/h1-5,7H,6,15H2. The number of benzene rings is 1. The predicted octanol–water partition coefficient (Wildman–Crippen LogP) is 3.51. The van der Waals surface area contributed by atoms with Crippen LogP contribution in [0.3, 0.4) is 0 Å². The van der Waals surface area contributed by atoms with Crippen LogP contribution in [0.2, 0.25) is 10.0 Å². The number of hydrogen-bond acceptors (Lipinski definition) is 2. The molecule has 2 aromatic rings. The number of pyridine rings is 1. The summed E-state index contributed by atoms with van der Waals surface area (Å²) in [5, 5.41) is 1.08. The molecule has 1 aromatic carbocycles. The first-order valence-corrected chi connectivity index (χ1v) is 5.56. The van der Waals surface area contributed by atoms with E-state index in [2.05, 4.69) is 4.98 Å². The second kappa shape index (κ2) is 4.83. The Hall–Kier alpha value is -1.09. The third-order valence-corrected chi connectivity index (χ3v) is 3.01. The normalized spacial score (nSPS) is 10.4. The summed E-state index contributed by atoms with van der Waals surface area (Å²) in [6.45, 7) is 0.495. The highest BCUT2D eigenvalue weighted by Crippen LogP contribution is 2.27. The Kier molecular flexibility index (Phi) is 3.44. The lowest BCUT2D eigenvalue weighted by Crippen LogP contribution is -1.96. The maximum atomic E-state index is 5.94. The van der Waals surface area contributed by atoms with Crippen molar-refractivity contribution in [3.63, 3.8) is 0 Å². The quantitative estimate of drug-likeness (QED) is 0.889. The average molecular weight is 253 g/mol. The van der Waals surface area contributed by atoms with Gasteiger partial charge in [0.1, 0.15) is 0 Å². The summed E-state index contributed by atoms with van der Waals surface area (Å²) in [5.74, 6) is 0. The van der Waals surface area contributed by atoms with Crippen molar-refractivity contribution in [3.05, 3.63) is 52.1 Å². The molecule has 0 atom stereocenters. The molecule has 0 fully saturated rings. The minimum atomic E-state index is 0.495. The van der Waals surface area contributed by atoms with Crippen molar-refractivity contribution in [2.45, 2.75) is 6.54 Å². The van der Waals surface area contributed by atoms with Crippen molar-refractivity contribution >= 4 is 23.2 Å². The van der Waals surface area contributed by atoms with Crippen LogP contribution in [0.25, 0.3) is 11.3 Å². The van der Waals surface area contributed by atoms with Gasteiger partial charge in [-0.25, -0.2) is 0 Å². The SMILES string of the molecule is NCc1ccc(-c2ccc(Cl)c(Cl)c2)nc1. The van der Waals surface area contributed by atoms with E-state index in [0.29, 0.717) is 16.6 Å². The highest BCUT2D eigenvalue weighted by Gasteiger charge is 2.03. The molecule has 2 nitrogen and oxygen atoms in total. The van der Waals surface area contributed by atoms with Gasteiger partial charge in [-0.3, -0.25) is 4.98 Å². The minimum absolute atomic E-state index is 0.495. The minimum Gasteiger partial charge on any atom is -0.326 e. The monoisotopic (exact) mass is 252 g/mol. The van der Waals surface area contributed by atoms with E-state index in [1.807, 2.05) is 18.2 Å². The zero-order chi connectivity index (χ0) is 11.5. The first-order valence-electron chi connectivity index (χ1n) is 4.81. The molecule has 0 aliphatic carbocycles. The molecule has 0 aliphatic rings. The molecule has 1 heterocycles. The number of hydrogen-bond donors (Lipinski definition) is 1. The molecular weight excluding hydrogens is 243 g/mol. The van der Waals surface area contributed by atoms with Gasteiger partial charge in [0.05, 0.1) is 15.7 Å². The Labute approximate surface area is 104 Å². The van der Waals surface area contributed by atoms with E-state index >= 15 is 0 Å². The van der Waals surface area contributed by atoms with Crippen molar-refractivity contribution < 1.29 is 0 Å². The molecule has 0 spiro atoms. The van der Waals surface area contributed by atoms with Gasteiger partial charge in [-0.05, 0) is 23.8 Å². The van der Waals surface area contributed by atoms with Crippen molar-refractivity contribution in [2.24, 2.45) is 5.73 Å². The maximum absolute atomic E-state index is 5.94. The molecule has 0 bridgehead atoms. The molecule has 0 amide bonds. The van der Waals surface area contributed by atoms with E-state index < -0.39 is 0 Å². The summed E-state index contributed by atoms with van der Waals surface area (Å²) in [6, 6.07) is 9.32. The zero-order valence-corrected chi connectivity index (χ0v) is 9.96. The second-order valence-electron chi connectivity index (χ2n) is 3.38. The van der Waals surface area contributed by atoms with Crippen molar-refractivity contribution in [3.8, 4) is 11.3 Å². The van der Waals surface area contributed by atoms with Crippen LogP contribution < -0.4 is 5.73 Å². The number of rotatable bonds is 2. The third kappa shape index (κ3) is 2.35. The summed E-state index contributed by atoms with van der Waals surface area (Å²) in [6.07, 6.45) is 1.76. The van der Waals surface area contributed by atoms with E-state index in [4.69, 9.17) is 28.9 Å². The van der Waals surface area contributed by atoms with Crippen LogP contribution in [-0.4, -0.2) is 4.98 Å². The number of nitrogens with two attached hydrogens (primary N) is 1. The van der Waals surface area contributed by atoms with Crippen molar-refractivity contribution in [1.82, 2.24) is 4.98 Å². The Bertz CT molecular complexity index is 495. The molecule has 0 saturated carbocycles. The Balaban J connectivity index is 2.38. The second-order valence-corrected chi connectivity index (χ2v) is 4.20. The average Bonchev–Trinajstić information content (AvgIpc) is 2.33. The van der Waals surface area contributed by atoms with E-state index in [9.17, 15) is 0 Å². The van der Waals surface area contributed by atoms with Gasteiger partial charge < -0.3 is 5.73 Å². The summed E-state index contributed by atoms with van der Waals surface area (Å²) in [5.41, 5.74) is 8.31. The number of nitrogens with zero attached hydrogens (tertiary/aromatic N) is 1. The molecule has 82 valence electrons.